The summed E-state index contributed by atoms with van der Waals surface area (Å²) >= 11 is 0. The maximum absolute atomic E-state index is 12.1. The van der Waals surface area contributed by atoms with Crippen molar-refractivity contribution < 1.29 is 33.4 Å². The van der Waals surface area contributed by atoms with Crippen LogP contribution < -0.4 is 9.47 Å². The highest BCUT2D eigenvalue weighted by Crippen LogP contribution is 2.22. The van der Waals surface area contributed by atoms with Gasteiger partial charge in [-0.1, -0.05) is 31.2 Å². The van der Waals surface area contributed by atoms with Gasteiger partial charge >= 0.3 is 17.9 Å². The second kappa shape index (κ2) is 10.0. The van der Waals surface area contributed by atoms with E-state index < -0.39 is 24.3 Å². The number of rotatable bonds is 8. The van der Waals surface area contributed by atoms with E-state index in [0.29, 0.717) is 0 Å². The topological polar surface area (TPSA) is 96.0 Å². The fraction of sp³-hybridized carbons (Fsp3) is 0.238. The Labute approximate surface area is 162 Å². The van der Waals surface area contributed by atoms with E-state index in [4.69, 9.17) is 14.2 Å². The third-order valence-corrected chi connectivity index (χ3v) is 3.63. The van der Waals surface area contributed by atoms with E-state index in [-0.39, 0.29) is 41.4 Å². The molecule has 0 heterocycles. The molecule has 0 aromatic heterocycles. The lowest BCUT2D eigenvalue weighted by Gasteiger charge is -2.10. The molecule has 0 amide bonds. The lowest BCUT2D eigenvalue weighted by molar-refractivity contribution is -0.144. The zero-order valence-corrected chi connectivity index (χ0v) is 15.6. The van der Waals surface area contributed by atoms with Crippen molar-refractivity contribution in [1.29, 1.82) is 0 Å². The standard InChI is InChI=1S/C21H20O7/c1-3-16(22)14-9-5-7-11-17(14)27-19(23)13-20(24)28-18-12-8-6-10-15(18)21(25)26-4-2/h5-12H,3-4,13H2,1-2H3. The van der Waals surface area contributed by atoms with Crippen LogP contribution in [0.3, 0.4) is 0 Å². The summed E-state index contributed by atoms with van der Waals surface area (Å²) in [6, 6.07) is 12.3. The van der Waals surface area contributed by atoms with Gasteiger partial charge < -0.3 is 14.2 Å². The summed E-state index contributed by atoms with van der Waals surface area (Å²) in [5.41, 5.74) is 0.337. The van der Waals surface area contributed by atoms with Gasteiger partial charge in [0, 0.05) is 6.42 Å². The minimum absolute atomic E-state index is 0.0136. The van der Waals surface area contributed by atoms with Crippen molar-refractivity contribution in [3.8, 4) is 11.5 Å². The summed E-state index contributed by atoms with van der Waals surface area (Å²) in [5, 5.41) is 0. The van der Waals surface area contributed by atoms with E-state index >= 15 is 0 Å². The van der Waals surface area contributed by atoms with Crippen LogP contribution in [0.2, 0.25) is 0 Å². The Morgan fingerprint density at radius 1 is 0.750 bits per heavy atom. The first-order chi connectivity index (χ1) is 13.5. The minimum atomic E-state index is -0.902. The zero-order valence-electron chi connectivity index (χ0n) is 15.6. The van der Waals surface area contributed by atoms with Crippen LogP contribution in [0, 0.1) is 0 Å². The highest BCUT2D eigenvalue weighted by molar-refractivity contribution is 6.00. The molecular weight excluding hydrogens is 364 g/mol. The van der Waals surface area contributed by atoms with Crippen LogP contribution in [0.15, 0.2) is 48.5 Å². The predicted molar refractivity (Wildman–Crippen MR) is 99.3 cm³/mol. The number of para-hydroxylation sites is 2. The van der Waals surface area contributed by atoms with Gasteiger partial charge in [0.25, 0.3) is 0 Å². The maximum atomic E-state index is 12.1. The summed E-state index contributed by atoms with van der Waals surface area (Å²) in [4.78, 5) is 48.0. The summed E-state index contributed by atoms with van der Waals surface area (Å²) in [7, 11) is 0. The van der Waals surface area contributed by atoms with Crippen LogP contribution in [0.1, 0.15) is 47.4 Å². The Balaban J connectivity index is 2.04. The van der Waals surface area contributed by atoms with E-state index in [1.165, 1.54) is 18.2 Å². The van der Waals surface area contributed by atoms with Crippen LogP contribution in [-0.2, 0) is 14.3 Å². The number of hydrogen-bond acceptors (Lipinski definition) is 7. The molecule has 2 aromatic carbocycles. The lowest BCUT2D eigenvalue weighted by atomic mass is 10.1. The number of benzene rings is 2. The molecule has 0 fully saturated rings. The quantitative estimate of drug-likeness (QED) is 0.298. The molecule has 0 aliphatic heterocycles. The Morgan fingerprint density at radius 3 is 1.79 bits per heavy atom. The maximum Gasteiger partial charge on any atom is 0.341 e. The molecule has 7 heteroatoms. The lowest BCUT2D eigenvalue weighted by Crippen LogP contribution is -2.20. The number of carbonyl (C=O) groups excluding carboxylic acids is 4. The average molecular weight is 384 g/mol. The first-order valence-electron chi connectivity index (χ1n) is 8.76. The van der Waals surface area contributed by atoms with Gasteiger partial charge in [-0.15, -0.1) is 0 Å². The molecule has 0 saturated heterocycles. The molecule has 0 radical (unpaired) electrons. The van der Waals surface area contributed by atoms with E-state index in [0.717, 1.165) is 0 Å². The second-order valence-electron chi connectivity index (χ2n) is 5.61. The average Bonchev–Trinajstić information content (AvgIpc) is 2.68. The number of carbonyl (C=O) groups is 4. The SMILES string of the molecule is CCOC(=O)c1ccccc1OC(=O)CC(=O)Oc1ccccc1C(=O)CC. The van der Waals surface area contributed by atoms with Crippen LogP contribution in [0.5, 0.6) is 11.5 Å². The van der Waals surface area contributed by atoms with Gasteiger partial charge in [-0.3, -0.25) is 14.4 Å². The molecule has 28 heavy (non-hydrogen) atoms. The summed E-state index contributed by atoms with van der Waals surface area (Å²) < 4.78 is 15.2. The van der Waals surface area contributed by atoms with Crippen molar-refractivity contribution in [3.05, 3.63) is 59.7 Å². The van der Waals surface area contributed by atoms with Gasteiger partial charge in [-0.05, 0) is 31.2 Å². The Kier molecular flexibility index (Phi) is 7.45. The van der Waals surface area contributed by atoms with E-state index in [9.17, 15) is 19.2 Å². The molecule has 2 aromatic rings. The highest BCUT2D eigenvalue weighted by atomic mass is 16.6. The molecule has 7 nitrogen and oxygen atoms in total. The molecule has 0 spiro atoms. The monoisotopic (exact) mass is 384 g/mol. The van der Waals surface area contributed by atoms with Gasteiger partial charge in [0.2, 0.25) is 0 Å². The number of ketones is 1. The minimum Gasteiger partial charge on any atom is -0.462 e. The van der Waals surface area contributed by atoms with Crippen molar-refractivity contribution >= 4 is 23.7 Å². The van der Waals surface area contributed by atoms with Crippen molar-refractivity contribution in [3.63, 3.8) is 0 Å². The second-order valence-corrected chi connectivity index (χ2v) is 5.61. The Morgan fingerprint density at radius 2 is 1.25 bits per heavy atom. The van der Waals surface area contributed by atoms with Gasteiger partial charge in [-0.2, -0.15) is 0 Å². The first-order valence-corrected chi connectivity index (χ1v) is 8.76. The van der Waals surface area contributed by atoms with Crippen molar-refractivity contribution in [2.24, 2.45) is 0 Å². The fourth-order valence-electron chi connectivity index (χ4n) is 2.34. The molecule has 0 atom stereocenters. The van der Waals surface area contributed by atoms with Crippen molar-refractivity contribution in [2.75, 3.05) is 6.61 Å². The van der Waals surface area contributed by atoms with Crippen molar-refractivity contribution in [2.45, 2.75) is 26.7 Å². The van der Waals surface area contributed by atoms with Gasteiger partial charge in [0.15, 0.2) is 5.78 Å². The van der Waals surface area contributed by atoms with Crippen LogP contribution >= 0.6 is 0 Å². The smallest absolute Gasteiger partial charge is 0.341 e. The zero-order chi connectivity index (χ0) is 20.5. The Hall–Kier alpha value is -3.48. The van der Waals surface area contributed by atoms with Crippen molar-refractivity contribution in [1.82, 2.24) is 0 Å². The number of Topliss-reactive ketones (excluding diaryl/α,β-unsaturated/α-hetero) is 1. The van der Waals surface area contributed by atoms with Crippen LogP contribution in [0.4, 0.5) is 0 Å². The van der Waals surface area contributed by atoms with Gasteiger partial charge in [-0.25, -0.2) is 4.79 Å². The van der Waals surface area contributed by atoms with Crippen LogP contribution in [-0.4, -0.2) is 30.3 Å². The first kappa shape index (κ1) is 20.8. The number of hydrogen-bond donors (Lipinski definition) is 0. The van der Waals surface area contributed by atoms with E-state index in [1.807, 2.05) is 0 Å². The summed E-state index contributed by atoms with van der Waals surface area (Å²) in [5.74, 6) is -2.54. The number of ether oxygens (including phenoxy) is 3. The fourth-order valence-corrected chi connectivity index (χ4v) is 2.34. The third-order valence-electron chi connectivity index (χ3n) is 3.63. The molecule has 0 unspecified atom stereocenters. The summed E-state index contributed by atoms with van der Waals surface area (Å²) in [6.07, 6.45) is -0.437. The highest BCUT2D eigenvalue weighted by Gasteiger charge is 2.20. The van der Waals surface area contributed by atoms with E-state index in [1.54, 1.807) is 44.2 Å². The van der Waals surface area contributed by atoms with Crippen LogP contribution in [0.25, 0.3) is 0 Å². The molecule has 2 rings (SSSR count). The molecular formula is C21H20O7. The van der Waals surface area contributed by atoms with Gasteiger partial charge in [0.05, 0.1) is 12.2 Å². The predicted octanol–water partition coefficient (Wildman–Crippen LogP) is 3.36. The molecule has 0 saturated carbocycles. The molecule has 0 bridgehead atoms. The van der Waals surface area contributed by atoms with E-state index in [2.05, 4.69) is 0 Å². The van der Waals surface area contributed by atoms with Gasteiger partial charge in [0.1, 0.15) is 23.5 Å². The molecule has 0 N–H and O–H groups in total. The number of esters is 3. The molecule has 146 valence electrons. The largest absolute Gasteiger partial charge is 0.462 e. The normalized spacial score (nSPS) is 10.1. The molecule has 0 aliphatic rings. The summed E-state index contributed by atoms with van der Waals surface area (Å²) in [6.45, 7) is 3.52. The third kappa shape index (κ3) is 5.51. The molecule has 0 aliphatic carbocycles. The Bertz CT molecular complexity index is 886.